The molecule has 0 atom stereocenters. The minimum Gasteiger partial charge on any atom is -0.399 e. The Balaban J connectivity index is 0.000000132. The molecule has 0 amide bonds. The highest BCUT2D eigenvalue weighted by Crippen LogP contribution is 2.33. The lowest BCUT2D eigenvalue weighted by Crippen LogP contribution is -2.20. The number of hydrogen-bond acceptors (Lipinski definition) is 2. The summed E-state index contributed by atoms with van der Waals surface area (Å²) < 4.78 is 0. The molecule has 282 valence electrons. The Bertz CT molecular complexity index is 2210. The number of benzene rings is 9. The third-order valence-electron chi connectivity index (χ3n) is 9.39. The smallest absolute Gasteiger partial charge is 0.0340 e. The van der Waals surface area contributed by atoms with Crippen molar-refractivity contribution >= 4 is 59.0 Å². The minimum absolute atomic E-state index is 0.446. The van der Waals surface area contributed by atoms with Crippen LogP contribution in [0, 0.1) is 0 Å². The van der Waals surface area contributed by atoms with Crippen molar-refractivity contribution in [2.75, 3.05) is 11.5 Å². The number of nitrogen functional groups attached to an aromatic ring is 2. The van der Waals surface area contributed by atoms with Crippen LogP contribution in [0.3, 0.4) is 0 Å². The second-order valence-electron chi connectivity index (χ2n) is 13.5. The molecule has 0 bridgehead atoms. The van der Waals surface area contributed by atoms with Gasteiger partial charge in [0, 0.05) is 11.4 Å². The molecule has 0 radical (unpaired) electrons. The Labute approximate surface area is 346 Å². The summed E-state index contributed by atoms with van der Waals surface area (Å²) in [6, 6.07) is 89.0. The Morgan fingerprint density at radius 1 is 0.207 bits per heavy atom. The van der Waals surface area contributed by atoms with Gasteiger partial charge in [0.15, 0.2) is 0 Å². The molecule has 0 aliphatic rings. The average Bonchev–Trinajstić information content (AvgIpc) is 3.29. The molecule has 9 aromatic rings. The normalized spacial score (nSPS) is 10.5. The third-order valence-corrected chi connectivity index (χ3v) is 14.3. The molecule has 0 spiro atoms. The predicted octanol–water partition coefficient (Wildman–Crippen LogP) is 11.1. The number of nitrogens with two attached hydrogens (primary N) is 2. The molecule has 0 saturated carbocycles. The van der Waals surface area contributed by atoms with Crippen LogP contribution in [0.5, 0.6) is 0 Å². The minimum atomic E-state index is -0.446. The highest BCUT2D eigenvalue weighted by Gasteiger charge is 2.16. The summed E-state index contributed by atoms with van der Waals surface area (Å²) in [5.74, 6) is 0. The molecular weight excluding hydrogens is 739 g/mol. The van der Waals surface area contributed by atoms with E-state index in [0.29, 0.717) is 11.4 Å². The molecule has 4 heteroatoms. The molecule has 0 aliphatic carbocycles. The third kappa shape index (κ3) is 10.8. The van der Waals surface area contributed by atoms with E-state index >= 15 is 0 Å². The highest BCUT2D eigenvalue weighted by atomic mass is 31.1. The van der Waals surface area contributed by atoms with Crippen LogP contribution in [-0.4, -0.2) is 0 Å². The predicted molar refractivity (Wildman–Crippen MR) is 256 cm³/mol. The molecule has 4 N–H and O–H groups in total. The Morgan fingerprint density at radius 2 is 0.414 bits per heavy atom. The van der Waals surface area contributed by atoms with Crippen molar-refractivity contribution in [1.82, 2.24) is 0 Å². The van der Waals surface area contributed by atoms with Crippen molar-refractivity contribution in [1.29, 1.82) is 0 Å². The molecule has 0 saturated heterocycles. The lowest BCUT2D eigenvalue weighted by atomic mass is 10.00. The van der Waals surface area contributed by atoms with Crippen molar-refractivity contribution in [2.24, 2.45) is 0 Å². The Kier molecular flexibility index (Phi) is 14.1. The summed E-state index contributed by atoms with van der Waals surface area (Å²) in [5.41, 5.74) is 17.6. The fourth-order valence-corrected chi connectivity index (χ4v) is 11.3. The van der Waals surface area contributed by atoms with Crippen LogP contribution < -0.4 is 43.3 Å². The molecule has 0 unspecified atom stereocenters. The van der Waals surface area contributed by atoms with Gasteiger partial charge >= 0.3 is 0 Å². The number of rotatable bonds is 8. The maximum atomic E-state index is 5.84. The van der Waals surface area contributed by atoms with Gasteiger partial charge in [0.1, 0.15) is 0 Å². The second kappa shape index (κ2) is 20.6. The van der Waals surface area contributed by atoms with E-state index < -0.39 is 15.8 Å². The Hall–Kier alpha value is -6.56. The van der Waals surface area contributed by atoms with Crippen molar-refractivity contribution in [3.63, 3.8) is 0 Å². The van der Waals surface area contributed by atoms with E-state index in [-0.39, 0.29) is 0 Å². The van der Waals surface area contributed by atoms with Gasteiger partial charge in [-0.2, -0.15) is 0 Å². The summed E-state index contributed by atoms with van der Waals surface area (Å²) in [6.45, 7) is 0. The molecule has 0 heterocycles. The first-order valence-corrected chi connectivity index (χ1v) is 22.0. The van der Waals surface area contributed by atoms with Crippen LogP contribution in [0.25, 0.3) is 22.3 Å². The van der Waals surface area contributed by atoms with Gasteiger partial charge in [-0.15, -0.1) is 0 Å². The fourth-order valence-electron chi connectivity index (χ4n) is 6.69. The topological polar surface area (TPSA) is 52.0 Å². The molecule has 2 nitrogen and oxygen atoms in total. The standard InChI is InChI=1S/C18H16N2.2C18H15P/c19-17-10-16(11-18(20)12-17)15-8-6-14(7-9-15)13-4-2-1-3-5-13;2*1-4-10-16(11-5-1)19(17-12-6-2-7-13-17)18-14-8-3-9-15-18/h1-12H,19-20H2;2*1-15H. The van der Waals surface area contributed by atoms with Gasteiger partial charge in [-0.3, -0.25) is 0 Å². The van der Waals surface area contributed by atoms with Crippen LogP contribution in [-0.2, 0) is 0 Å². The lowest BCUT2D eigenvalue weighted by Gasteiger charge is -2.18. The Morgan fingerprint density at radius 3 is 0.672 bits per heavy atom. The number of hydrogen-bond donors (Lipinski definition) is 2. The molecule has 0 aromatic heterocycles. The maximum Gasteiger partial charge on any atom is 0.0340 e. The quantitative estimate of drug-likeness (QED) is 0.119. The number of anilines is 2. The van der Waals surface area contributed by atoms with Crippen molar-refractivity contribution < 1.29 is 0 Å². The van der Waals surface area contributed by atoms with Gasteiger partial charge in [-0.25, -0.2) is 0 Å². The molecular formula is C54H46N2P2. The summed E-state index contributed by atoms with van der Waals surface area (Å²) in [5, 5.41) is 8.39. The highest BCUT2D eigenvalue weighted by molar-refractivity contribution is 7.80. The first-order chi connectivity index (χ1) is 28.6. The molecule has 9 rings (SSSR count). The fraction of sp³-hybridized carbons (Fsp3) is 0. The molecule has 0 aliphatic heterocycles. The monoisotopic (exact) mass is 784 g/mol. The largest absolute Gasteiger partial charge is 0.399 e. The first kappa shape index (κ1) is 39.7. The summed E-state index contributed by atoms with van der Waals surface area (Å²) >= 11 is 0. The SMILES string of the molecule is Nc1cc(N)cc(-c2ccc(-c3ccccc3)cc2)c1.c1ccc(P(c2ccccc2)c2ccccc2)cc1.c1ccc(P(c2ccccc2)c2ccccc2)cc1. The zero-order chi connectivity index (χ0) is 39.8. The average molecular weight is 785 g/mol. The summed E-state index contributed by atoms with van der Waals surface area (Å²) in [7, 11) is -0.892. The van der Waals surface area contributed by atoms with Gasteiger partial charge in [-0.05, 0) is 88.1 Å². The van der Waals surface area contributed by atoms with E-state index in [0.717, 1.165) is 11.1 Å². The van der Waals surface area contributed by atoms with E-state index in [1.54, 1.807) is 6.07 Å². The zero-order valence-electron chi connectivity index (χ0n) is 32.3. The van der Waals surface area contributed by atoms with E-state index in [9.17, 15) is 0 Å². The van der Waals surface area contributed by atoms with Crippen LogP contribution in [0.2, 0.25) is 0 Å². The van der Waals surface area contributed by atoms with Crippen LogP contribution >= 0.6 is 15.8 Å². The molecule has 0 fully saturated rings. The van der Waals surface area contributed by atoms with Gasteiger partial charge in [0.2, 0.25) is 0 Å². The van der Waals surface area contributed by atoms with Crippen molar-refractivity contribution in [2.45, 2.75) is 0 Å². The van der Waals surface area contributed by atoms with Crippen molar-refractivity contribution in [3.05, 3.63) is 255 Å². The summed E-state index contributed by atoms with van der Waals surface area (Å²) in [6.07, 6.45) is 0. The van der Waals surface area contributed by atoms with E-state index in [2.05, 4.69) is 218 Å². The van der Waals surface area contributed by atoms with Gasteiger partial charge < -0.3 is 11.5 Å². The molecule has 9 aromatic carbocycles. The second-order valence-corrected chi connectivity index (χ2v) is 18.0. The van der Waals surface area contributed by atoms with E-state index in [4.69, 9.17) is 11.5 Å². The van der Waals surface area contributed by atoms with Crippen LogP contribution in [0.4, 0.5) is 11.4 Å². The van der Waals surface area contributed by atoms with Gasteiger partial charge in [0.25, 0.3) is 0 Å². The lowest BCUT2D eigenvalue weighted by molar-refractivity contribution is 1.58. The zero-order valence-corrected chi connectivity index (χ0v) is 34.1. The molecule has 58 heavy (non-hydrogen) atoms. The maximum absolute atomic E-state index is 5.84. The van der Waals surface area contributed by atoms with E-state index in [1.807, 2.05) is 30.3 Å². The van der Waals surface area contributed by atoms with Crippen molar-refractivity contribution in [3.8, 4) is 22.3 Å². The van der Waals surface area contributed by atoms with Gasteiger partial charge in [-0.1, -0.05) is 237 Å². The van der Waals surface area contributed by atoms with Crippen LogP contribution in [0.1, 0.15) is 0 Å². The van der Waals surface area contributed by atoms with Crippen LogP contribution in [0.15, 0.2) is 255 Å². The van der Waals surface area contributed by atoms with Gasteiger partial charge in [0.05, 0.1) is 0 Å². The summed E-state index contributed by atoms with van der Waals surface area (Å²) in [4.78, 5) is 0. The first-order valence-electron chi connectivity index (χ1n) is 19.3. The van der Waals surface area contributed by atoms with E-state index in [1.165, 1.54) is 43.0 Å².